The van der Waals surface area contributed by atoms with Crippen molar-refractivity contribution >= 4 is 5.97 Å². The third-order valence-electron chi connectivity index (χ3n) is 14.2. The molecule has 6 aliphatic rings. The lowest BCUT2D eigenvalue weighted by Gasteiger charge is -2.76. The van der Waals surface area contributed by atoms with Gasteiger partial charge in [0.1, 0.15) is 6.10 Å². The molecule has 3 nitrogen and oxygen atoms in total. The smallest absolute Gasteiger partial charge is 0.312 e. The minimum Gasteiger partial charge on any atom is -0.462 e. The van der Waals surface area contributed by atoms with Crippen molar-refractivity contribution in [3.63, 3.8) is 0 Å². The van der Waals surface area contributed by atoms with Gasteiger partial charge < -0.3 is 9.84 Å². The maximum Gasteiger partial charge on any atom is 0.312 e. The summed E-state index contributed by atoms with van der Waals surface area (Å²) in [7, 11) is 0. The molecule has 33 heavy (non-hydrogen) atoms. The Bertz CT molecular complexity index is 865. The van der Waals surface area contributed by atoms with E-state index >= 15 is 0 Å². The van der Waals surface area contributed by atoms with Crippen LogP contribution in [0.2, 0.25) is 0 Å². The van der Waals surface area contributed by atoms with Gasteiger partial charge in [0.15, 0.2) is 0 Å². The number of carbonyl (C=O) groups excluding carboxylic acids is 1. The van der Waals surface area contributed by atoms with Crippen molar-refractivity contribution < 1.29 is 14.6 Å². The minimum atomic E-state index is -0.201. The highest BCUT2D eigenvalue weighted by Crippen LogP contribution is 2.78. The summed E-state index contributed by atoms with van der Waals surface area (Å²) in [4.78, 5) is 13.7. The molecular weight excluding hydrogens is 408 g/mol. The van der Waals surface area contributed by atoms with Crippen LogP contribution in [-0.4, -0.2) is 23.3 Å². The Morgan fingerprint density at radius 2 is 1.55 bits per heavy atom. The molecule has 1 saturated heterocycles. The number of aliphatic hydroxyl groups is 1. The van der Waals surface area contributed by atoms with Crippen LogP contribution in [0.25, 0.3) is 0 Å². The Labute approximate surface area is 201 Å². The van der Waals surface area contributed by atoms with Gasteiger partial charge in [-0.2, -0.15) is 0 Å². The first-order chi connectivity index (χ1) is 15.3. The molecule has 5 aliphatic carbocycles. The van der Waals surface area contributed by atoms with Crippen molar-refractivity contribution in [1.82, 2.24) is 0 Å². The van der Waals surface area contributed by atoms with E-state index in [2.05, 4.69) is 48.5 Å². The number of ether oxygens (including phenoxy) is 1. The van der Waals surface area contributed by atoms with Crippen LogP contribution in [0.5, 0.6) is 0 Å². The molecule has 0 aromatic carbocycles. The fourth-order valence-corrected chi connectivity index (χ4v) is 11.9. The highest BCUT2D eigenvalue weighted by Gasteiger charge is 2.75. The van der Waals surface area contributed by atoms with Gasteiger partial charge in [-0.15, -0.1) is 0 Å². The Hall–Kier alpha value is -0.570. The fraction of sp³-hybridized carbons (Fsp3) is 0.967. The maximum atomic E-state index is 13.7. The molecule has 2 bridgehead atoms. The topological polar surface area (TPSA) is 46.5 Å². The highest BCUT2D eigenvalue weighted by atomic mass is 16.5. The van der Waals surface area contributed by atoms with E-state index in [-0.39, 0.29) is 45.3 Å². The van der Waals surface area contributed by atoms with E-state index in [1.54, 1.807) is 0 Å². The van der Waals surface area contributed by atoms with Crippen molar-refractivity contribution in [3.8, 4) is 0 Å². The van der Waals surface area contributed by atoms with Gasteiger partial charge in [-0.1, -0.05) is 48.5 Å². The van der Waals surface area contributed by atoms with Crippen LogP contribution in [0.15, 0.2) is 0 Å². The van der Waals surface area contributed by atoms with Crippen LogP contribution in [0, 0.1) is 62.6 Å². The van der Waals surface area contributed by atoms with Gasteiger partial charge in [-0.25, -0.2) is 0 Å². The van der Waals surface area contributed by atoms with Crippen LogP contribution in [-0.2, 0) is 9.53 Å². The van der Waals surface area contributed by atoms with Crippen LogP contribution >= 0.6 is 0 Å². The summed E-state index contributed by atoms with van der Waals surface area (Å²) in [6.07, 6.45) is 9.95. The summed E-state index contributed by atoms with van der Waals surface area (Å²) in [5.41, 5.74) is 0.495. The monoisotopic (exact) mass is 456 g/mol. The predicted molar refractivity (Wildman–Crippen MR) is 130 cm³/mol. The van der Waals surface area contributed by atoms with E-state index in [1.165, 1.54) is 25.7 Å². The summed E-state index contributed by atoms with van der Waals surface area (Å²) in [5, 5.41) is 10.9. The number of aliphatic hydroxyl groups excluding tert-OH is 1. The largest absolute Gasteiger partial charge is 0.462 e. The molecule has 6 rings (SSSR count). The molecule has 186 valence electrons. The van der Waals surface area contributed by atoms with E-state index in [1.807, 2.05) is 0 Å². The molecule has 12 atom stereocenters. The number of rotatable bonds is 0. The van der Waals surface area contributed by atoms with E-state index in [9.17, 15) is 9.90 Å². The SMILES string of the molecule is C[C@H]1[C@H]2[C@H]3[C@H]4C[C@@H]5[C@@]6(C)CC[C@H](O)C(C)(C)[C@H]6CC[C@]5(C)[C@]3(C)CC[C@@]2(CC[C@@H]1C)C(=O)O4. The van der Waals surface area contributed by atoms with Crippen molar-refractivity contribution in [2.75, 3.05) is 0 Å². The average molecular weight is 457 g/mol. The highest BCUT2D eigenvalue weighted by molar-refractivity contribution is 5.79. The van der Waals surface area contributed by atoms with E-state index in [0.29, 0.717) is 35.5 Å². The van der Waals surface area contributed by atoms with Crippen LogP contribution in [0.4, 0.5) is 0 Å². The first-order valence-electron chi connectivity index (χ1n) is 14.2. The molecule has 1 heterocycles. The second kappa shape index (κ2) is 6.60. The minimum absolute atomic E-state index is 0.0373. The van der Waals surface area contributed by atoms with Crippen molar-refractivity contribution in [2.45, 2.75) is 118 Å². The lowest BCUT2D eigenvalue weighted by molar-refractivity contribution is -0.305. The fourth-order valence-electron chi connectivity index (χ4n) is 11.9. The van der Waals surface area contributed by atoms with Crippen molar-refractivity contribution in [3.05, 3.63) is 0 Å². The summed E-state index contributed by atoms with van der Waals surface area (Å²) in [6.45, 7) is 17.3. The van der Waals surface area contributed by atoms with Crippen molar-refractivity contribution in [1.29, 1.82) is 0 Å². The molecule has 1 N–H and O–H groups in total. The van der Waals surface area contributed by atoms with Gasteiger partial charge in [0.25, 0.3) is 0 Å². The summed E-state index contributed by atoms with van der Waals surface area (Å²) in [5.74, 6) is 3.60. The normalized spacial score (nSPS) is 61.3. The van der Waals surface area contributed by atoms with E-state index < -0.39 is 0 Å². The average Bonchev–Trinajstić information content (AvgIpc) is 2.75. The van der Waals surface area contributed by atoms with Gasteiger partial charge >= 0.3 is 5.97 Å². The molecule has 0 spiro atoms. The molecule has 0 amide bonds. The molecule has 0 aromatic heterocycles. The Balaban J connectivity index is 1.47. The number of esters is 1. The quantitative estimate of drug-likeness (QED) is 0.417. The summed E-state index contributed by atoms with van der Waals surface area (Å²) in [6, 6.07) is 0. The Kier molecular flexibility index (Phi) is 4.57. The second-order valence-corrected chi connectivity index (χ2v) is 15.1. The standard InChI is InChI=1S/C30H48O3/c1-17-8-13-30-15-14-29(7)24(23(30)18(17)2)19(33-25(30)32)16-21-27(5)11-10-22(31)26(3,4)20(27)9-12-28(21,29)6/h17-24,31H,8-16H2,1-7H3/t17-,18+,19+,20+,21+,22-,23-,24+,27-,28-,29+,30+/m0/s1. The maximum absolute atomic E-state index is 13.7. The van der Waals surface area contributed by atoms with Gasteiger partial charge in [0.05, 0.1) is 11.5 Å². The van der Waals surface area contributed by atoms with Gasteiger partial charge in [-0.3, -0.25) is 4.79 Å². The van der Waals surface area contributed by atoms with E-state index in [4.69, 9.17) is 4.74 Å². The zero-order valence-corrected chi connectivity index (χ0v) is 22.2. The first kappa shape index (κ1) is 22.9. The van der Waals surface area contributed by atoms with Gasteiger partial charge in [0.2, 0.25) is 0 Å². The third-order valence-corrected chi connectivity index (χ3v) is 14.2. The zero-order valence-electron chi connectivity index (χ0n) is 22.2. The molecule has 0 unspecified atom stereocenters. The molecule has 0 aromatic rings. The first-order valence-corrected chi connectivity index (χ1v) is 14.2. The van der Waals surface area contributed by atoms with Crippen LogP contribution in [0.1, 0.15) is 106 Å². The summed E-state index contributed by atoms with van der Waals surface area (Å²) >= 11 is 0. The lowest BCUT2D eigenvalue weighted by atomic mass is 9.30. The lowest BCUT2D eigenvalue weighted by Crippen LogP contribution is -2.73. The zero-order chi connectivity index (χ0) is 23.8. The molecule has 6 fully saturated rings. The number of hydrogen-bond donors (Lipinski definition) is 1. The molecule has 3 heteroatoms. The van der Waals surface area contributed by atoms with Gasteiger partial charge in [0, 0.05) is 5.92 Å². The predicted octanol–water partition coefficient (Wildman–Crippen LogP) is 6.62. The number of fused-ring (bicyclic) bond motifs is 4. The van der Waals surface area contributed by atoms with E-state index in [0.717, 1.165) is 32.1 Å². The van der Waals surface area contributed by atoms with Crippen molar-refractivity contribution in [2.24, 2.45) is 62.6 Å². The second-order valence-electron chi connectivity index (χ2n) is 15.1. The number of carbonyl (C=O) groups is 1. The van der Waals surface area contributed by atoms with Gasteiger partial charge in [-0.05, 0) is 109 Å². The number of hydrogen-bond acceptors (Lipinski definition) is 3. The molecular formula is C30H48O3. The Morgan fingerprint density at radius 1 is 0.818 bits per heavy atom. The molecule has 0 radical (unpaired) electrons. The third kappa shape index (κ3) is 2.45. The molecule has 5 saturated carbocycles. The summed E-state index contributed by atoms with van der Waals surface area (Å²) < 4.78 is 6.54. The molecule has 1 aliphatic heterocycles. The Morgan fingerprint density at radius 3 is 2.27 bits per heavy atom. The van der Waals surface area contributed by atoms with Crippen LogP contribution < -0.4 is 0 Å². The van der Waals surface area contributed by atoms with Crippen LogP contribution in [0.3, 0.4) is 0 Å².